The van der Waals surface area contributed by atoms with Crippen molar-refractivity contribution in [3.63, 3.8) is 0 Å². The molecule has 0 aliphatic carbocycles. The number of likely N-dealkylation sites (N-methyl/N-ethyl adjacent to an activating group) is 1. The number of hydrogen-bond donors (Lipinski definition) is 0. The van der Waals surface area contributed by atoms with Crippen molar-refractivity contribution < 1.29 is 9.53 Å². The van der Waals surface area contributed by atoms with Gasteiger partial charge in [-0.3, -0.25) is 4.90 Å². The van der Waals surface area contributed by atoms with E-state index >= 15 is 0 Å². The number of hydrogen-bond acceptors (Lipinski definition) is 6. The maximum Gasteiger partial charge on any atom is 0.410 e. The summed E-state index contributed by atoms with van der Waals surface area (Å²) in [5.74, 6) is 2.59. The van der Waals surface area contributed by atoms with Crippen LogP contribution in [0.15, 0.2) is 0 Å². The third kappa shape index (κ3) is 4.74. The van der Waals surface area contributed by atoms with E-state index in [1.807, 2.05) is 4.90 Å². The van der Waals surface area contributed by atoms with Gasteiger partial charge < -0.3 is 19.4 Å². The number of ether oxygens (including phenoxy) is 1. The molecule has 7 heteroatoms. The van der Waals surface area contributed by atoms with Gasteiger partial charge in [-0.15, -0.1) is 0 Å². The van der Waals surface area contributed by atoms with Crippen LogP contribution in [0.3, 0.4) is 0 Å². The highest BCUT2D eigenvalue weighted by molar-refractivity contribution is 7.99. The molecular weight excluding hydrogens is 360 g/mol. The number of likely N-dealkylation sites (tertiary alicyclic amines) is 1. The molecule has 0 aromatic heterocycles. The summed E-state index contributed by atoms with van der Waals surface area (Å²) in [6.07, 6.45) is 4.33. The van der Waals surface area contributed by atoms with E-state index in [1.54, 1.807) is 0 Å². The molecule has 0 bridgehead atoms. The van der Waals surface area contributed by atoms with Gasteiger partial charge in [0, 0.05) is 70.4 Å². The van der Waals surface area contributed by atoms with Crippen LogP contribution in [0.25, 0.3) is 0 Å². The van der Waals surface area contributed by atoms with Crippen LogP contribution in [-0.4, -0.2) is 114 Å². The molecule has 0 aromatic carbocycles. The van der Waals surface area contributed by atoms with E-state index in [0.717, 1.165) is 77.7 Å². The molecule has 6 nitrogen and oxygen atoms in total. The fourth-order valence-corrected chi connectivity index (χ4v) is 6.30. The zero-order chi connectivity index (χ0) is 18.7. The molecule has 0 unspecified atom stereocenters. The van der Waals surface area contributed by atoms with Gasteiger partial charge in [-0.2, -0.15) is 11.8 Å². The minimum absolute atomic E-state index is 0.0734. The van der Waals surface area contributed by atoms with Crippen LogP contribution in [0.4, 0.5) is 4.79 Å². The third-order valence-corrected chi connectivity index (χ3v) is 8.13. The van der Waals surface area contributed by atoms with Gasteiger partial charge in [0.15, 0.2) is 0 Å². The number of carbonyl (C=O) groups excluding carboxylic acids is 1. The van der Waals surface area contributed by atoms with Gasteiger partial charge in [0.1, 0.15) is 5.60 Å². The molecule has 4 aliphatic heterocycles. The van der Waals surface area contributed by atoms with Crippen molar-refractivity contribution in [1.29, 1.82) is 0 Å². The zero-order valence-electron chi connectivity index (χ0n) is 16.9. The Morgan fingerprint density at radius 3 is 2.48 bits per heavy atom. The number of amides is 1. The van der Waals surface area contributed by atoms with E-state index in [-0.39, 0.29) is 11.7 Å². The number of piperidine rings is 1. The molecule has 1 amide bonds. The fraction of sp³-hybridized carbons (Fsp3) is 0.950. The zero-order valence-corrected chi connectivity index (χ0v) is 17.7. The van der Waals surface area contributed by atoms with Gasteiger partial charge in [0.05, 0.1) is 6.54 Å². The Bertz CT molecular complexity index is 498. The second kappa shape index (κ2) is 8.89. The van der Waals surface area contributed by atoms with E-state index in [1.165, 1.54) is 31.0 Å². The Kier molecular flexibility index (Phi) is 6.52. The summed E-state index contributed by atoms with van der Waals surface area (Å²) in [7, 11) is 0. The molecule has 4 saturated heterocycles. The first-order chi connectivity index (χ1) is 13.2. The average molecular weight is 397 g/mol. The number of rotatable bonds is 6. The Morgan fingerprint density at radius 1 is 1.07 bits per heavy atom. The minimum Gasteiger partial charge on any atom is -0.441 e. The second-order valence-electron chi connectivity index (χ2n) is 8.66. The monoisotopic (exact) mass is 396 g/mol. The van der Waals surface area contributed by atoms with Crippen molar-refractivity contribution in [3.8, 4) is 0 Å². The van der Waals surface area contributed by atoms with E-state index in [4.69, 9.17) is 4.74 Å². The molecule has 4 rings (SSSR count). The Hall–Kier alpha value is -0.500. The molecule has 1 atom stereocenters. The lowest BCUT2D eigenvalue weighted by atomic mass is 9.90. The predicted octanol–water partition coefficient (Wildman–Crippen LogP) is 1.81. The first-order valence-corrected chi connectivity index (χ1v) is 12.1. The van der Waals surface area contributed by atoms with Crippen molar-refractivity contribution in [2.75, 3.05) is 77.0 Å². The lowest BCUT2D eigenvalue weighted by molar-refractivity contribution is -0.00742. The molecule has 0 saturated carbocycles. The van der Waals surface area contributed by atoms with Crippen LogP contribution in [0.5, 0.6) is 0 Å². The molecule has 1 spiro atoms. The second-order valence-corrected chi connectivity index (χ2v) is 9.81. The molecule has 4 heterocycles. The Morgan fingerprint density at radius 2 is 1.81 bits per heavy atom. The SMILES string of the molecule is CCN1CCN(CCCN2CC3(CCN([C@H]4CCSC4)CC3)OC2=O)CC1. The quantitative estimate of drug-likeness (QED) is 0.682. The van der Waals surface area contributed by atoms with Crippen molar-refractivity contribution in [2.24, 2.45) is 0 Å². The van der Waals surface area contributed by atoms with Gasteiger partial charge in [-0.1, -0.05) is 6.92 Å². The number of thioether (sulfide) groups is 1. The van der Waals surface area contributed by atoms with Gasteiger partial charge >= 0.3 is 6.09 Å². The van der Waals surface area contributed by atoms with Gasteiger partial charge in [-0.05, 0) is 31.7 Å². The molecule has 4 aliphatic rings. The highest BCUT2D eigenvalue weighted by Crippen LogP contribution is 2.35. The van der Waals surface area contributed by atoms with Crippen LogP contribution < -0.4 is 0 Å². The van der Waals surface area contributed by atoms with Crippen molar-refractivity contribution >= 4 is 17.9 Å². The summed E-state index contributed by atoms with van der Waals surface area (Å²) in [6.45, 7) is 13.0. The van der Waals surface area contributed by atoms with Gasteiger partial charge in [0.2, 0.25) is 0 Å². The van der Waals surface area contributed by atoms with Crippen LogP contribution in [-0.2, 0) is 4.74 Å². The van der Waals surface area contributed by atoms with Crippen LogP contribution >= 0.6 is 11.8 Å². The molecule has 0 aromatic rings. The fourth-order valence-electron chi connectivity index (χ4n) is 5.05. The predicted molar refractivity (Wildman–Crippen MR) is 110 cm³/mol. The largest absolute Gasteiger partial charge is 0.441 e. The maximum atomic E-state index is 12.4. The van der Waals surface area contributed by atoms with Crippen molar-refractivity contribution in [3.05, 3.63) is 0 Å². The number of piperazine rings is 1. The summed E-state index contributed by atoms with van der Waals surface area (Å²) in [5.41, 5.74) is -0.202. The van der Waals surface area contributed by atoms with Crippen molar-refractivity contribution in [1.82, 2.24) is 19.6 Å². The lowest BCUT2D eigenvalue weighted by Gasteiger charge is -2.40. The van der Waals surface area contributed by atoms with E-state index in [2.05, 4.69) is 33.4 Å². The molecular formula is C20H36N4O2S. The van der Waals surface area contributed by atoms with E-state index in [0.29, 0.717) is 0 Å². The molecule has 154 valence electrons. The number of nitrogens with zero attached hydrogens (tertiary/aromatic N) is 4. The Labute approximate surface area is 168 Å². The average Bonchev–Trinajstić information content (AvgIpc) is 3.32. The molecule has 27 heavy (non-hydrogen) atoms. The smallest absolute Gasteiger partial charge is 0.410 e. The van der Waals surface area contributed by atoms with Crippen LogP contribution in [0.1, 0.15) is 32.6 Å². The van der Waals surface area contributed by atoms with Gasteiger partial charge in [0.25, 0.3) is 0 Å². The van der Waals surface area contributed by atoms with Crippen molar-refractivity contribution in [2.45, 2.75) is 44.2 Å². The van der Waals surface area contributed by atoms with E-state index < -0.39 is 0 Å². The highest BCUT2D eigenvalue weighted by Gasteiger charge is 2.47. The first kappa shape index (κ1) is 19.8. The summed E-state index contributed by atoms with van der Waals surface area (Å²) in [5, 5.41) is 0. The normalized spacial score (nSPS) is 30.3. The highest BCUT2D eigenvalue weighted by atomic mass is 32.2. The third-order valence-electron chi connectivity index (χ3n) is 6.99. The van der Waals surface area contributed by atoms with E-state index in [9.17, 15) is 4.79 Å². The topological polar surface area (TPSA) is 39.3 Å². The van der Waals surface area contributed by atoms with Crippen LogP contribution in [0.2, 0.25) is 0 Å². The summed E-state index contributed by atoms with van der Waals surface area (Å²) in [6, 6.07) is 0.758. The summed E-state index contributed by atoms with van der Waals surface area (Å²) >= 11 is 2.08. The standard InChI is InChI=1S/C20H36N4O2S/c1-2-21-11-13-22(14-12-21)7-3-8-24-17-20(26-19(24)25)5-9-23(10-6-20)18-4-15-27-16-18/h18H,2-17H2,1H3/t18-/m0/s1. The minimum atomic E-state index is -0.202. The summed E-state index contributed by atoms with van der Waals surface area (Å²) in [4.78, 5) is 22.1. The molecule has 0 N–H and O–H groups in total. The Balaban J connectivity index is 1.18. The molecule has 4 fully saturated rings. The van der Waals surface area contributed by atoms with Crippen LogP contribution in [0, 0.1) is 0 Å². The lowest BCUT2D eigenvalue weighted by Crippen LogP contribution is -2.50. The molecule has 0 radical (unpaired) electrons. The maximum absolute atomic E-state index is 12.4. The number of carbonyl (C=O) groups is 1. The van der Waals surface area contributed by atoms with Gasteiger partial charge in [-0.25, -0.2) is 4.79 Å². The summed E-state index contributed by atoms with van der Waals surface area (Å²) < 4.78 is 5.92. The first-order valence-electron chi connectivity index (χ1n) is 10.9.